The number of hydrogen-bond acceptors (Lipinski definition) is 3. The van der Waals surface area contributed by atoms with Crippen LogP contribution in [0.2, 0.25) is 0 Å². The zero-order chi connectivity index (χ0) is 9.73. The second-order valence-electron chi connectivity index (χ2n) is 2.82. The quantitative estimate of drug-likeness (QED) is 0.679. The number of aromatic nitrogens is 1. The lowest BCUT2D eigenvalue weighted by molar-refractivity contribution is 0.592. The largest absolute Gasteiger partial charge is 0.366 e. The minimum atomic E-state index is -3.06. The van der Waals surface area contributed by atoms with E-state index in [0.29, 0.717) is 11.3 Å². The van der Waals surface area contributed by atoms with Gasteiger partial charge in [-0.15, -0.1) is 0 Å². The van der Waals surface area contributed by atoms with E-state index in [4.69, 9.17) is 0 Å². The molecule has 0 radical (unpaired) electrons. The van der Waals surface area contributed by atoms with Crippen molar-refractivity contribution >= 4 is 9.84 Å². The van der Waals surface area contributed by atoms with Crippen LogP contribution < -0.4 is 5.32 Å². The van der Waals surface area contributed by atoms with Gasteiger partial charge in [0.1, 0.15) is 0 Å². The summed E-state index contributed by atoms with van der Waals surface area (Å²) < 4.78 is 23.0. The molecule has 74 valence electrons. The van der Waals surface area contributed by atoms with Gasteiger partial charge < -0.3 is 10.3 Å². The maximum Gasteiger partial charge on any atom is 0.179 e. The molecule has 0 saturated heterocycles. The molecule has 0 fully saturated rings. The molecule has 0 saturated carbocycles. The highest BCUT2D eigenvalue weighted by atomic mass is 32.2. The first-order valence-electron chi connectivity index (χ1n) is 4.17. The summed E-state index contributed by atoms with van der Waals surface area (Å²) in [5.41, 5.74) is 0. The first kappa shape index (κ1) is 10.3. The predicted octanol–water partition coefficient (Wildman–Crippen LogP) is 0.398. The van der Waals surface area contributed by atoms with Crippen LogP contribution in [0.25, 0.3) is 0 Å². The lowest BCUT2D eigenvalue weighted by Crippen LogP contribution is -2.14. The van der Waals surface area contributed by atoms with Crippen molar-refractivity contribution in [1.29, 1.82) is 0 Å². The lowest BCUT2D eigenvalue weighted by Gasteiger charge is -2.00. The number of aromatic amines is 1. The molecule has 1 heterocycles. The fourth-order valence-electron chi connectivity index (χ4n) is 1.06. The molecule has 2 N–H and O–H groups in total. The number of rotatable bonds is 5. The standard InChI is InChI=1S/C8H14N2O2S/c1-9-4-2-6-13(11,12)8-3-5-10-7-8/h3,5,7,9-10H,2,4,6H2,1H3. The summed E-state index contributed by atoms with van der Waals surface area (Å²) in [4.78, 5) is 3.11. The Morgan fingerprint density at radius 1 is 1.54 bits per heavy atom. The third-order valence-electron chi connectivity index (χ3n) is 1.77. The van der Waals surface area contributed by atoms with Gasteiger partial charge in [0.05, 0.1) is 10.6 Å². The second-order valence-corrected chi connectivity index (χ2v) is 4.93. The number of H-pyrrole nitrogens is 1. The van der Waals surface area contributed by atoms with Gasteiger partial charge in [-0.25, -0.2) is 8.42 Å². The molecule has 0 aliphatic carbocycles. The summed E-state index contributed by atoms with van der Waals surface area (Å²) in [5, 5.41) is 2.91. The van der Waals surface area contributed by atoms with Gasteiger partial charge in [0, 0.05) is 12.4 Å². The van der Waals surface area contributed by atoms with Crippen LogP contribution in [-0.4, -0.2) is 32.7 Å². The molecule has 0 aromatic carbocycles. The van der Waals surface area contributed by atoms with E-state index in [1.54, 1.807) is 12.3 Å². The molecule has 1 aromatic rings. The minimum absolute atomic E-state index is 0.200. The average molecular weight is 202 g/mol. The van der Waals surface area contributed by atoms with Crippen molar-refractivity contribution in [3.63, 3.8) is 0 Å². The van der Waals surface area contributed by atoms with E-state index >= 15 is 0 Å². The van der Waals surface area contributed by atoms with Crippen LogP contribution in [0.1, 0.15) is 6.42 Å². The second kappa shape index (κ2) is 4.43. The minimum Gasteiger partial charge on any atom is -0.366 e. The lowest BCUT2D eigenvalue weighted by atomic mass is 10.5. The smallest absolute Gasteiger partial charge is 0.179 e. The highest BCUT2D eigenvalue weighted by Gasteiger charge is 2.13. The summed E-state index contributed by atoms with van der Waals surface area (Å²) in [7, 11) is -1.25. The number of nitrogens with one attached hydrogen (secondary N) is 2. The van der Waals surface area contributed by atoms with Crippen molar-refractivity contribution in [3.8, 4) is 0 Å². The Hall–Kier alpha value is -0.810. The first-order chi connectivity index (χ1) is 6.17. The topological polar surface area (TPSA) is 62.0 Å². The summed E-state index contributed by atoms with van der Waals surface area (Å²) >= 11 is 0. The average Bonchev–Trinajstić information content (AvgIpc) is 2.56. The van der Waals surface area contributed by atoms with Gasteiger partial charge in [-0.1, -0.05) is 0 Å². The molecular weight excluding hydrogens is 188 g/mol. The fourth-order valence-corrected chi connectivity index (χ4v) is 2.34. The molecule has 0 atom stereocenters. The van der Waals surface area contributed by atoms with E-state index in [-0.39, 0.29) is 5.75 Å². The monoisotopic (exact) mass is 202 g/mol. The molecule has 13 heavy (non-hydrogen) atoms. The van der Waals surface area contributed by atoms with Gasteiger partial charge in [-0.2, -0.15) is 0 Å². The third-order valence-corrected chi connectivity index (χ3v) is 3.57. The van der Waals surface area contributed by atoms with Crippen molar-refractivity contribution in [3.05, 3.63) is 18.5 Å². The van der Waals surface area contributed by atoms with Crippen molar-refractivity contribution < 1.29 is 8.42 Å². The van der Waals surface area contributed by atoms with Crippen molar-refractivity contribution in [2.45, 2.75) is 11.3 Å². The van der Waals surface area contributed by atoms with Gasteiger partial charge in [-0.05, 0) is 26.1 Å². The SMILES string of the molecule is CNCCCS(=O)(=O)c1cc[nH]c1. The highest BCUT2D eigenvalue weighted by Crippen LogP contribution is 2.09. The molecule has 0 bridgehead atoms. The van der Waals surface area contributed by atoms with Gasteiger partial charge in [0.25, 0.3) is 0 Å². The van der Waals surface area contributed by atoms with Crippen molar-refractivity contribution in [2.24, 2.45) is 0 Å². The van der Waals surface area contributed by atoms with Crippen LogP contribution in [0.5, 0.6) is 0 Å². The van der Waals surface area contributed by atoms with Gasteiger partial charge in [0.15, 0.2) is 9.84 Å². The Labute approximate surface area is 78.3 Å². The van der Waals surface area contributed by atoms with Gasteiger partial charge in [-0.3, -0.25) is 0 Å². The molecule has 4 nitrogen and oxygen atoms in total. The van der Waals surface area contributed by atoms with Crippen LogP contribution in [-0.2, 0) is 9.84 Å². The molecule has 5 heteroatoms. The zero-order valence-electron chi connectivity index (χ0n) is 7.58. The summed E-state index contributed by atoms with van der Waals surface area (Å²) in [6, 6.07) is 1.58. The van der Waals surface area contributed by atoms with Crippen LogP contribution in [0.4, 0.5) is 0 Å². The van der Waals surface area contributed by atoms with E-state index in [9.17, 15) is 8.42 Å². The normalized spacial score (nSPS) is 11.8. The van der Waals surface area contributed by atoms with Crippen LogP contribution in [0.3, 0.4) is 0 Å². The Kier molecular flexibility index (Phi) is 3.50. The molecule has 0 spiro atoms. The highest BCUT2D eigenvalue weighted by molar-refractivity contribution is 7.91. The number of hydrogen-bond donors (Lipinski definition) is 2. The summed E-state index contributed by atoms with van der Waals surface area (Å²) in [6.45, 7) is 0.726. The zero-order valence-corrected chi connectivity index (χ0v) is 8.39. The Bertz CT molecular complexity index is 329. The van der Waals surface area contributed by atoms with Gasteiger partial charge in [0.2, 0.25) is 0 Å². The molecule has 1 rings (SSSR count). The van der Waals surface area contributed by atoms with Crippen LogP contribution in [0.15, 0.2) is 23.4 Å². The molecule has 0 aliphatic rings. The van der Waals surface area contributed by atoms with Crippen molar-refractivity contribution in [2.75, 3.05) is 19.3 Å². The fraction of sp³-hybridized carbons (Fsp3) is 0.500. The summed E-state index contributed by atoms with van der Waals surface area (Å²) in [6.07, 6.45) is 3.77. The predicted molar refractivity (Wildman–Crippen MR) is 51.4 cm³/mol. The molecule has 0 amide bonds. The first-order valence-corrected chi connectivity index (χ1v) is 5.82. The van der Waals surface area contributed by atoms with E-state index in [0.717, 1.165) is 6.54 Å². The Morgan fingerprint density at radius 3 is 2.85 bits per heavy atom. The maximum absolute atomic E-state index is 11.5. The Balaban J connectivity index is 2.58. The summed E-state index contributed by atoms with van der Waals surface area (Å²) in [5.74, 6) is 0.200. The third kappa shape index (κ3) is 2.86. The molecule has 0 unspecified atom stereocenters. The maximum atomic E-state index is 11.5. The molecular formula is C8H14N2O2S. The van der Waals surface area contributed by atoms with Gasteiger partial charge >= 0.3 is 0 Å². The van der Waals surface area contributed by atoms with E-state index in [1.165, 1.54) is 6.20 Å². The Morgan fingerprint density at radius 2 is 2.31 bits per heavy atom. The van der Waals surface area contributed by atoms with Crippen molar-refractivity contribution in [1.82, 2.24) is 10.3 Å². The van der Waals surface area contributed by atoms with Crippen LogP contribution in [0, 0.1) is 0 Å². The molecule has 0 aliphatic heterocycles. The molecule has 1 aromatic heterocycles. The number of sulfone groups is 1. The van der Waals surface area contributed by atoms with E-state index in [1.807, 2.05) is 7.05 Å². The van der Waals surface area contributed by atoms with E-state index < -0.39 is 9.84 Å². The van der Waals surface area contributed by atoms with Crippen LogP contribution >= 0.6 is 0 Å². The van der Waals surface area contributed by atoms with E-state index in [2.05, 4.69) is 10.3 Å².